The molecule has 0 saturated heterocycles. The third-order valence-corrected chi connectivity index (χ3v) is 2.64. The number of aromatic nitrogens is 2. The monoisotopic (exact) mass is 296 g/mol. The fourth-order valence-electron chi connectivity index (χ4n) is 1.57. The molecule has 1 aromatic heterocycles. The van der Waals surface area contributed by atoms with E-state index >= 15 is 0 Å². The van der Waals surface area contributed by atoms with Crippen molar-refractivity contribution in [2.75, 3.05) is 12.3 Å². The number of nitrogens with zero attached hydrogens (tertiary/aromatic N) is 2. The van der Waals surface area contributed by atoms with Gasteiger partial charge in [0.25, 0.3) is 0 Å². The van der Waals surface area contributed by atoms with Gasteiger partial charge in [-0.3, -0.25) is 0 Å². The molecule has 0 fully saturated rings. The number of nitrogens with two attached hydrogens (primary N) is 1. The van der Waals surface area contributed by atoms with Gasteiger partial charge in [0.2, 0.25) is 5.95 Å². The molecule has 2 rings (SSSR count). The van der Waals surface area contributed by atoms with E-state index in [-0.39, 0.29) is 12.6 Å². The van der Waals surface area contributed by atoms with Crippen LogP contribution in [0.5, 0.6) is 0 Å². The third-order valence-electron chi connectivity index (χ3n) is 2.64. The number of benzene rings is 1. The predicted octanol–water partition coefficient (Wildman–Crippen LogP) is 1.73. The van der Waals surface area contributed by atoms with Crippen LogP contribution in [0.1, 0.15) is 17.5 Å². The maximum absolute atomic E-state index is 11.5. The molecular formula is C16H16N4O2. The van der Waals surface area contributed by atoms with Gasteiger partial charge in [-0.2, -0.15) is 0 Å². The zero-order chi connectivity index (χ0) is 15.6. The molecule has 22 heavy (non-hydrogen) atoms. The zero-order valence-corrected chi connectivity index (χ0v) is 12.0. The first kappa shape index (κ1) is 15.3. The molecule has 0 spiro atoms. The number of carbonyl (C=O) groups is 1. The molecule has 0 bridgehead atoms. The minimum atomic E-state index is -0.457. The van der Waals surface area contributed by atoms with E-state index < -0.39 is 6.09 Å². The van der Waals surface area contributed by atoms with Crippen molar-refractivity contribution in [3.8, 4) is 11.8 Å². The summed E-state index contributed by atoms with van der Waals surface area (Å²) < 4.78 is 5.07. The second kappa shape index (κ2) is 8.27. The number of ether oxygens (including phenoxy) is 1. The zero-order valence-electron chi connectivity index (χ0n) is 12.0. The molecule has 1 amide bonds. The van der Waals surface area contributed by atoms with Crippen molar-refractivity contribution < 1.29 is 9.53 Å². The Bertz CT molecular complexity index is 660. The molecule has 0 aliphatic carbocycles. The van der Waals surface area contributed by atoms with Gasteiger partial charge in [0, 0.05) is 25.4 Å². The average Bonchev–Trinajstić information content (AvgIpc) is 2.55. The van der Waals surface area contributed by atoms with Crippen molar-refractivity contribution in [1.82, 2.24) is 15.3 Å². The fraction of sp³-hybridized carbons (Fsp3) is 0.188. The Morgan fingerprint density at radius 3 is 2.68 bits per heavy atom. The molecule has 112 valence electrons. The molecule has 2 aromatic rings. The molecular weight excluding hydrogens is 280 g/mol. The van der Waals surface area contributed by atoms with E-state index in [1.807, 2.05) is 30.3 Å². The Labute approximate surface area is 128 Å². The molecule has 1 heterocycles. The lowest BCUT2D eigenvalue weighted by Gasteiger charge is -2.05. The van der Waals surface area contributed by atoms with Crippen LogP contribution in [-0.2, 0) is 11.3 Å². The van der Waals surface area contributed by atoms with Gasteiger partial charge in [-0.15, -0.1) is 0 Å². The summed E-state index contributed by atoms with van der Waals surface area (Å²) in [6, 6.07) is 9.50. The predicted molar refractivity (Wildman–Crippen MR) is 82.6 cm³/mol. The maximum Gasteiger partial charge on any atom is 0.407 e. The quantitative estimate of drug-likeness (QED) is 0.662. The summed E-state index contributed by atoms with van der Waals surface area (Å²) in [5.41, 5.74) is 7.00. The molecule has 0 aliphatic rings. The first-order valence-corrected chi connectivity index (χ1v) is 6.75. The van der Waals surface area contributed by atoms with Gasteiger partial charge in [-0.05, 0) is 5.56 Å². The van der Waals surface area contributed by atoms with E-state index in [4.69, 9.17) is 10.5 Å². The Morgan fingerprint density at radius 2 is 1.95 bits per heavy atom. The van der Waals surface area contributed by atoms with E-state index in [0.717, 1.165) is 5.56 Å². The number of nitrogens with one attached hydrogen (secondary N) is 1. The topological polar surface area (TPSA) is 90.1 Å². The number of carbonyl (C=O) groups excluding carboxylic acids is 1. The molecule has 3 N–H and O–H groups in total. The molecule has 6 heteroatoms. The highest BCUT2D eigenvalue weighted by atomic mass is 16.5. The fourth-order valence-corrected chi connectivity index (χ4v) is 1.57. The summed E-state index contributed by atoms with van der Waals surface area (Å²) >= 11 is 0. The summed E-state index contributed by atoms with van der Waals surface area (Å²) in [6.07, 6.45) is 3.15. The highest BCUT2D eigenvalue weighted by Gasteiger charge is 2.00. The number of rotatable bonds is 4. The van der Waals surface area contributed by atoms with Crippen molar-refractivity contribution in [3.05, 3.63) is 53.9 Å². The second-order valence-electron chi connectivity index (χ2n) is 4.37. The molecule has 0 aliphatic heterocycles. The maximum atomic E-state index is 11.5. The Hall–Kier alpha value is -3.07. The number of amides is 1. The van der Waals surface area contributed by atoms with Crippen molar-refractivity contribution >= 4 is 12.0 Å². The summed E-state index contributed by atoms with van der Waals surface area (Å²) in [4.78, 5) is 19.1. The number of alkyl carbamates (subject to hydrolysis) is 1. The van der Waals surface area contributed by atoms with Crippen molar-refractivity contribution in [2.24, 2.45) is 0 Å². The molecule has 0 unspecified atom stereocenters. The minimum Gasteiger partial charge on any atom is -0.445 e. The van der Waals surface area contributed by atoms with Crippen LogP contribution in [-0.4, -0.2) is 22.6 Å². The normalized spacial score (nSPS) is 9.45. The van der Waals surface area contributed by atoms with Crippen LogP contribution < -0.4 is 11.1 Å². The molecule has 1 aromatic carbocycles. The first-order valence-electron chi connectivity index (χ1n) is 6.75. The van der Waals surface area contributed by atoms with Gasteiger partial charge in [-0.25, -0.2) is 14.8 Å². The lowest BCUT2D eigenvalue weighted by atomic mass is 10.2. The van der Waals surface area contributed by atoms with Crippen LogP contribution in [0.4, 0.5) is 10.7 Å². The highest BCUT2D eigenvalue weighted by molar-refractivity contribution is 5.67. The summed E-state index contributed by atoms with van der Waals surface area (Å²) in [7, 11) is 0. The number of hydrogen-bond acceptors (Lipinski definition) is 5. The highest BCUT2D eigenvalue weighted by Crippen LogP contribution is 2.00. The van der Waals surface area contributed by atoms with Crippen molar-refractivity contribution in [3.63, 3.8) is 0 Å². The second-order valence-corrected chi connectivity index (χ2v) is 4.37. The Kier molecular flexibility index (Phi) is 5.76. The number of nitrogen functional groups attached to an aromatic ring is 1. The van der Waals surface area contributed by atoms with Crippen LogP contribution >= 0.6 is 0 Å². The average molecular weight is 296 g/mol. The molecule has 0 radical (unpaired) electrons. The number of anilines is 1. The SMILES string of the molecule is Nc1ncc(C#CCCNC(=O)OCc2ccccc2)cn1. The van der Waals surface area contributed by atoms with E-state index in [1.165, 1.54) is 0 Å². The van der Waals surface area contributed by atoms with Gasteiger partial charge < -0.3 is 15.8 Å². The van der Waals surface area contributed by atoms with Gasteiger partial charge >= 0.3 is 6.09 Å². The third kappa shape index (κ3) is 5.51. The lowest BCUT2D eigenvalue weighted by molar-refractivity contribution is 0.140. The summed E-state index contributed by atoms with van der Waals surface area (Å²) in [5.74, 6) is 6.01. The van der Waals surface area contributed by atoms with Crippen molar-refractivity contribution in [1.29, 1.82) is 0 Å². The standard InChI is InChI=1S/C16H16N4O2/c17-15-19-10-14(11-20-15)8-4-5-9-18-16(21)22-12-13-6-2-1-3-7-13/h1-3,6-7,10-11H,5,9,12H2,(H,18,21)(H2,17,19,20). The molecule has 0 atom stereocenters. The molecule has 6 nitrogen and oxygen atoms in total. The summed E-state index contributed by atoms with van der Waals surface area (Å²) in [6.45, 7) is 0.664. The van der Waals surface area contributed by atoms with Gasteiger partial charge in [-0.1, -0.05) is 42.2 Å². The minimum absolute atomic E-state index is 0.216. The van der Waals surface area contributed by atoms with Gasteiger partial charge in [0.1, 0.15) is 6.61 Å². The van der Waals surface area contributed by atoms with Crippen molar-refractivity contribution in [2.45, 2.75) is 13.0 Å². The van der Waals surface area contributed by atoms with E-state index in [9.17, 15) is 4.79 Å². The van der Waals surface area contributed by atoms with E-state index in [1.54, 1.807) is 12.4 Å². The van der Waals surface area contributed by atoms with Crippen LogP contribution in [0.3, 0.4) is 0 Å². The smallest absolute Gasteiger partial charge is 0.407 e. The summed E-state index contributed by atoms with van der Waals surface area (Å²) in [5, 5.41) is 2.63. The number of hydrogen-bond donors (Lipinski definition) is 2. The molecule has 0 saturated carbocycles. The van der Waals surface area contributed by atoms with E-state index in [2.05, 4.69) is 27.1 Å². The van der Waals surface area contributed by atoms with Gasteiger partial charge in [0.15, 0.2) is 0 Å². The Balaban J connectivity index is 1.64. The largest absolute Gasteiger partial charge is 0.445 e. The van der Waals surface area contributed by atoms with E-state index in [0.29, 0.717) is 18.5 Å². The Morgan fingerprint density at radius 1 is 1.23 bits per heavy atom. The van der Waals surface area contributed by atoms with Crippen LogP contribution in [0.15, 0.2) is 42.7 Å². The van der Waals surface area contributed by atoms with Crippen LogP contribution in [0, 0.1) is 11.8 Å². The lowest BCUT2D eigenvalue weighted by Crippen LogP contribution is -2.24. The van der Waals surface area contributed by atoms with Gasteiger partial charge in [0.05, 0.1) is 5.56 Å². The van der Waals surface area contributed by atoms with Crippen LogP contribution in [0.2, 0.25) is 0 Å². The van der Waals surface area contributed by atoms with Crippen LogP contribution in [0.25, 0.3) is 0 Å². The first-order chi connectivity index (χ1) is 10.7.